The predicted molar refractivity (Wildman–Crippen MR) is 160 cm³/mol. The molecule has 3 N–H and O–H groups in total. The minimum Gasteiger partial charge on any atom is -0.460 e. The highest BCUT2D eigenvalue weighted by Gasteiger charge is 2.28. The summed E-state index contributed by atoms with van der Waals surface area (Å²) in [5.41, 5.74) is 3.73. The van der Waals surface area contributed by atoms with Gasteiger partial charge in [-0.25, -0.2) is 4.98 Å². The van der Waals surface area contributed by atoms with Crippen LogP contribution < -0.4 is 15.5 Å². The molecule has 1 aliphatic heterocycles. The number of esters is 1. The third-order valence-electron chi connectivity index (χ3n) is 8.03. The zero-order valence-corrected chi connectivity index (χ0v) is 24.0. The average Bonchev–Trinajstić information content (AvgIpc) is 3.25. The van der Waals surface area contributed by atoms with E-state index < -0.39 is 5.60 Å². The number of fused-ring (bicyclic) bond motifs is 2. The molecular weight excluding hydrogens is 502 g/mol. The minimum absolute atomic E-state index is 0.0583. The lowest BCUT2D eigenvalue weighted by molar-refractivity contribution is -0.155. The SMILES string of the molecule is CC(C)(C)OC(=O)CC1CCCN(CC(=O)NCC2CCC(Nc3nc4ccccc4[nH]3)CC2)c2ccccc21. The van der Waals surface area contributed by atoms with E-state index in [1.807, 2.05) is 57.2 Å². The summed E-state index contributed by atoms with van der Waals surface area (Å²) in [5.74, 6) is 1.32. The fraction of sp³-hybridized carbons (Fsp3) is 0.531. The maximum atomic E-state index is 13.0. The van der Waals surface area contributed by atoms with Crippen LogP contribution in [0.3, 0.4) is 0 Å². The fourth-order valence-corrected chi connectivity index (χ4v) is 6.10. The highest BCUT2D eigenvalue weighted by Crippen LogP contribution is 2.37. The van der Waals surface area contributed by atoms with Crippen LogP contribution in [0.25, 0.3) is 11.0 Å². The van der Waals surface area contributed by atoms with Crippen LogP contribution in [0.2, 0.25) is 0 Å². The monoisotopic (exact) mass is 545 g/mol. The molecule has 40 heavy (non-hydrogen) atoms. The van der Waals surface area contributed by atoms with Crippen LogP contribution in [0.4, 0.5) is 11.6 Å². The number of anilines is 2. The molecule has 2 heterocycles. The first-order valence-corrected chi connectivity index (χ1v) is 14.8. The van der Waals surface area contributed by atoms with Crippen LogP contribution >= 0.6 is 0 Å². The van der Waals surface area contributed by atoms with Crippen LogP contribution in [0.5, 0.6) is 0 Å². The molecule has 3 aromatic rings. The highest BCUT2D eigenvalue weighted by molar-refractivity contribution is 5.82. The summed E-state index contributed by atoms with van der Waals surface area (Å²) in [6.07, 6.45) is 6.49. The smallest absolute Gasteiger partial charge is 0.306 e. The van der Waals surface area contributed by atoms with Crippen molar-refractivity contribution in [2.75, 3.05) is 29.9 Å². The Morgan fingerprint density at radius 1 is 1.02 bits per heavy atom. The first-order valence-electron chi connectivity index (χ1n) is 14.8. The van der Waals surface area contributed by atoms with E-state index >= 15 is 0 Å². The van der Waals surface area contributed by atoms with Crippen molar-refractivity contribution in [3.8, 4) is 0 Å². The Kier molecular flexibility index (Phi) is 8.62. The largest absolute Gasteiger partial charge is 0.460 e. The number of carbonyl (C=O) groups is 2. The van der Waals surface area contributed by atoms with Gasteiger partial charge in [0.25, 0.3) is 0 Å². The van der Waals surface area contributed by atoms with Gasteiger partial charge in [-0.15, -0.1) is 0 Å². The molecule has 2 aliphatic rings. The lowest BCUT2D eigenvalue weighted by Crippen LogP contribution is -2.40. The molecule has 1 saturated carbocycles. The van der Waals surface area contributed by atoms with Gasteiger partial charge in [-0.1, -0.05) is 30.3 Å². The Hall–Kier alpha value is -3.55. The van der Waals surface area contributed by atoms with E-state index in [-0.39, 0.29) is 17.8 Å². The fourth-order valence-electron chi connectivity index (χ4n) is 6.10. The summed E-state index contributed by atoms with van der Waals surface area (Å²) in [5, 5.41) is 6.77. The van der Waals surface area contributed by atoms with Crippen molar-refractivity contribution in [1.82, 2.24) is 15.3 Å². The van der Waals surface area contributed by atoms with Gasteiger partial charge in [0, 0.05) is 24.8 Å². The Bertz CT molecular complexity index is 1270. The minimum atomic E-state index is -0.490. The van der Waals surface area contributed by atoms with Crippen molar-refractivity contribution in [2.24, 2.45) is 5.92 Å². The number of hydrogen-bond donors (Lipinski definition) is 3. The predicted octanol–water partition coefficient (Wildman–Crippen LogP) is 5.77. The molecular formula is C32H43N5O3. The molecule has 1 atom stereocenters. The second-order valence-electron chi connectivity index (χ2n) is 12.4. The van der Waals surface area contributed by atoms with Gasteiger partial charge in [-0.05, 0) is 94.9 Å². The standard InChI is InChI=1S/C32H43N5O3/c1-32(2,3)40-30(39)19-23-9-8-18-37(28-13-7-4-10-25(23)28)21-29(38)33-20-22-14-16-24(17-15-22)34-31-35-26-11-5-6-12-27(26)36-31/h4-7,10-13,22-24H,8-9,14-21H2,1-3H3,(H,33,38)(H2,34,35,36). The Balaban J connectivity index is 1.09. The first-order chi connectivity index (χ1) is 19.2. The second-order valence-corrected chi connectivity index (χ2v) is 12.4. The number of aromatic nitrogens is 2. The molecule has 1 aliphatic carbocycles. The highest BCUT2D eigenvalue weighted by atomic mass is 16.6. The number of rotatable bonds is 8. The molecule has 1 aromatic heterocycles. The van der Waals surface area contributed by atoms with Crippen LogP contribution in [-0.2, 0) is 14.3 Å². The topological polar surface area (TPSA) is 99.3 Å². The zero-order valence-electron chi connectivity index (χ0n) is 24.0. The summed E-state index contributed by atoms with van der Waals surface area (Å²) < 4.78 is 5.60. The van der Waals surface area contributed by atoms with Crippen LogP contribution in [0.1, 0.15) is 77.2 Å². The van der Waals surface area contributed by atoms with Gasteiger partial charge in [0.2, 0.25) is 11.9 Å². The van der Waals surface area contributed by atoms with Crippen molar-refractivity contribution in [3.05, 3.63) is 54.1 Å². The number of aromatic amines is 1. The summed E-state index contributed by atoms with van der Waals surface area (Å²) in [6, 6.07) is 16.7. The lowest BCUT2D eigenvalue weighted by Gasteiger charge is -2.30. The van der Waals surface area contributed by atoms with Crippen molar-refractivity contribution in [1.29, 1.82) is 0 Å². The summed E-state index contributed by atoms with van der Waals surface area (Å²) in [7, 11) is 0. The van der Waals surface area contributed by atoms with Crippen molar-refractivity contribution >= 4 is 34.5 Å². The maximum absolute atomic E-state index is 13.0. The van der Waals surface area contributed by atoms with Gasteiger partial charge in [-0.2, -0.15) is 0 Å². The van der Waals surface area contributed by atoms with E-state index in [9.17, 15) is 9.59 Å². The third kappa shape index (κ3) is 7.34. The number of para-hydroxylation sites is 3. The van der Waals surface area contributed by atoms with Crippen LogP contribution in [0, 0.1) is 5.92 Å². The lowest BCUT2D eigenvalue weighted by atomic mass is 9.86. The number of H-pyrrole nitrogens is 1. The van der Waals surface area contributed by atoms with E-state index in [1.54, 1.807) is 0 Å². The molecule has 2 aromatic carbocycles. The molecule has 1 fully saturated rings. The van der Waals surface area contributed by atoms with Crippen LogP contribution in [-0.4, -0.2) is 53.1 Å². The first kappa shape index (κ1) is 28.0. The van der Waals surface area contributed by atoms with Gasteiger partial charge in [0.1, 0.15) is 5.60 Å². The number of nitrogens with zero attached hydrogens (tertiary/aromatic N) is 2. The number of nitrogens with one attached hydrogen (secondary N) is 3. The maximum Gasteiger partial charge on any atom is 0.306 e. The quantitative estimate of drug-likeness (QED) is 0.311. The van der Waals surface area contributed by atoms with E-state index in [0.29, 0.717) is 31.5 Å². The van der Waals surface area contributed by atoms with Crippen molar-refractivity contribution in [2.45, 2.75) is 83.3 Å². The van der Waals surface area contributed by atoms with E-state index in [2.05, 4.69) is 37.6 Å². The Morgan fingerprint density at radius 3 is 2.55 bits per heavy atom. The summed E-state index contributed by atoms with van der Waals surface area (Å²) >= 11 is 0. The van der Waals surface area contributed by atoms with Crippen molar-refractivity contribution in [3.63, 3.8) is 0 Å². The molecule has 0 radical (unpaired) electrons. The zero-order chi connectivity index (χ0) is 28.1. The van der Waals surface area contributed by atoms with Crippen LogP contribution in [0.15, 0.2) is 48.5 Å². The molecule has 0 bridgehead atoms. The van der Waals surface area contributed by atoms with Gasteiger partial charge < -0.3 is 25.3 Å². The van der Waals surface area contributed by atoms with Crippen molar-refractivity contribution < 1.29 is 14.3 Å². The molecule has 8 heteroatoms. The molecule has 0 saturated heterocycles. The number of hydrogen-bond acceptors (Lipinski definition) is 6. The van der Waals surface area contributed by atoms with E-state index in [0.717, 1.165) is 73.3 Å². The van der Waals surface area contributed by atoms with Gasteiger partial charge in [-0.3, -0.25) is 9.59 Å². The second kappa shape index (κ2) is 12.3. The summed E-state index contributed by atoms with van der Waals surface area (Å²) in [6.45, 7) is 7.55. The normalized spacial score (nSPS) is 21.4. The number of imidazole rings is 1. The molecule has 214 valence electrons. The Labute approximate surface area is 237 Å². The molecule has 1 amide bonds. The third-order valence-corrected chi connectivity index (χ3v) is 8.03. The molecule has 5 rings (SSSR count). The van der Waals surface area contributed by atoms with E-state index in [4.69, 9.17) is 4.74 Å². The summed E-state index contributed by atoms with van der Waals surface area (Å²) in [4.78, 5) is 35.8. The van der Waals surface area contributed by atoms with Gasteiger partial charge in [0.15, 0.2) is 0 Å². The van der Waals surface area contributed by atoms with E-state index in [1.165, 1.54) is 0 Å². The molecule has 1 unspecified atom stereocenters. The average molecular weight is 546 g/mol. The number of benzene rings is 2. The van der Waals surface area contributed by atoms with Gasteiger partial charge in [0.05, 0.1) is 24.0 Å². The van der Waals surface area contributed by atoms with Gasteiger partial charge >= 0.3 is 5.97 Å². The number of amides is 1. The number of ether oxygens (including phenoxy) is 1. The molecule has 8 nitrogen and oxygen atoms in total. The molecule has 0 spiro atoms. The Morgan fingerprint density at radius 2 is 1.77 bits per heavy atom. The number of carbonyl (C=O) groups excluding carboxylic acids is 2.